The minimum absolute atomic E-state index is 0.392. The Morgan fingerprint density at radius 1 is 1.64 bits per heavy atom. The van der Waals surface area contributed by atoms with Crippen LogP contribution in [0.3, 0.4) is 0 Å². The zero-order chi connectivity index (χ0) is 10.1. The van der Waals surface area contributed by atoms with Crippen molar-refractivity contribution in [1.82, 2.24) is 0 Å². The van der Waals surface area contributed by atoms with Crippen molar-refractivity contribution in [1.29, 1.82) is 0 Å². The zero-order valence-corrected chi connectivity index (χ0v) is 9.56. The summed E-state index contributed by atoms with van der Waals surface area (Å²) in [6.07, 6.45) is 0. The fourth-order valence-electron chi connectivity index (χ4n) is 1.28. The van der Waals surface area contributed by atoms with E-state index in [-0.39, 0.29) is 0 Å². The van der Waals surface area contributed by atoms with Gasteiger partial charge >= 0.3 is 5.97 Å². The van der Waals surface area contributed by atoms with Crippen molar-refractivity contribution in [2.45, 2.75) is 10.1 Å². The van der Waals surface area contributed by atoms with E-state index in [0.717, 1.165) is 15.1 Å². The number of carbonyl (C=O) groups is 1. The summed E-state index contributed by atoms with van der Waals surface area (Å²) >= 11 is 4.75. The molecule has 0 radical (unpaired) electrons. The minimum atomic E-state index is -0.770. The van der Waals surface area contributed by atoms with Gasteiger partial charge in [0.2, 0.25) is 0 Å². The van der Waals surface area contributed by atoms with E-state index in [1.807, 2.05) is 18.2 Å². The van der Waals surface area contributed by atoms with Crippen LogP contribution in [-0.2, 0) is 4.79 Å². The molecule has 74 valence electrons. The fraction of sp³-hybridized carbons (Fsp3) is 0.222. The lowest BCUT2D eigenvalue weighted by molar-refractivity contribution is -0.136. The van der Waals surface area contributed by atoms with Crippen LogP contribution in [0, 0.1) is 0 Å². The molecule has 14 heavy (non-hydrogen) atoms. The molecule has 1 aromatic rings. The van der Waals surface area contributed by atoms with E-state index in [9.17, 15) is 4.79 Å². The number of fused-ring (bicyclic) bond motifs is 1. The molecule has 0 aromatic heterocycles. The van der Waals surface area contributed by atoms with Crippen LogP contribution in [0.15, 0.2) is 27.6 Å². The van der Waals surface area contributed by atoms with Crippen molar-refractivity contribution in [3.63, 3.8) is 0 Å². The molecule has 3 nitrogen and oxygen atoms in total. The van der Waals surface area contributed by atoms with Gasteiger partial charge in [-0.2, -0.15) is 0 Å². The molecule has 1 aliphatic rings. The van der Waals surface area contributed by atoms with Crippen LogP contribution in [0.4, 0.5) is 5.69 Å². The number of halogens is 1. The first-order valence-corrected chi connectivity index (χ1v) is 5.77. The lowest BCUT2D eigenvalue weighted by Crippen LogP contribution is -2.28. The molecule has 1 atom stereocenters. The fourth-order valence-corrected chi connectivity index (χ4v) is 2.82. The number of nitrogens with one attached hydrogen (secondary N) is 1. The van der Waals surface area contributed by atoms with Gasteiger partial charge in [-0.25, -0.2) is 0 Å². The quantitative estimate of drug-likeness (QED) is 0.825. The Hall–Kier alpha value is -0.680. The molecule has 0 aliphatic carbocycles. The van der Waals surface area contributed by atoms with Gasteiger partial charge in [0.15, 0.2) is 0 Å². The molecular formula is C9H8BrNO2S. The van der Waals surface area contributed by atoms with Gasteiger partial charge in [0.25, 0.3) is 0 Å². The number of benzene rings is 1. The van der Waals surface area contributed by atoms with Crippen LogP contribution in [0.5, 0.6) is 0 Å². The van der Waals surface area contributed by atoms with E-state index < -0.39 is 11.2 Å². The van der Waals surface area contributed by atoms with E-state index in [1.54, 1.807) is 0 Å². The second-order valence-corrected chi connectivity index (χ2v) is 5.13. The maximum Gasteiger partial charge on any atom is 0.318 e. The Bertz CT molecular complexity index is 383. The van der Waals surface area contributed by atoms with Gasteiger partial charge in [0.1, 0.15) is 5.25 Å². The zero-order valence-electron chi connectivity index (χ0n) is 7.16. The molecule has 2 rings (SSSR count). The first kappa shape index (κ1) is 9.86. The third-order valence-electron chi connectivity index (χ3n) is 1.97. The van der Waals surface area contributed by atoms with Gasteiger partial charge in [-0.3, -0.25) is 4.79 Å². The first-order chi connectivity index (χ1) is 6.66. The molecule has 0 saturated carbocycles. The number of carboxylic acids is 1. The summed E-state index contributed by atoms with van der Waals surface area (Å²) in [6.45, 7) is 0.481. The van der Waals surface area contributed by atoms with Crippen LogP contribution in [-0.4, -0.2) is 22.9 Å². The summed E-state index contributed by atoms with van der Waals surface area (Å²) < 4.78 is 0.969. The second-order valence-electron chi connectivity index (χ2n) is 2.97. The molecule has 2 N–H and O–H groups in total. The third-order valence-corrected chi connectivity index (χ3v) is 3.70. The number of anilines is 1. The van der Waals surface area contributed by atoms with Crippen LogP contribution in [0.1, 0.15) is 0 Å². The van der Waals surface area contributed by atoms with Crippen LogP contribution >= 0.6 is 27.7 Å². The molecular weight excluding hydrogens is 266 g/mol. The van der Waals surface area contributed by atoms with Crippen LogP contribution < -0.4 is 5.32 Å². The summed E-state index contributed by atoms with van der Waals surface area (Å²) in [5.74, 6) is -0.770. The predicted octanol–water partition coefficient (Wildman–Crippen LogP) is 2.42. The van der Waals surface area contributed by atoms with Crippen molar-refractivity contribution in [2.75, 3.05) is 11.9 Å². The number of hydrogen-bond acceptors (Lipinski definition) is 3. The first-order valence-electron chi connectivity index (χ1n) is 4.10. The molecule has 1 unspecified atom stereocenters. The average Bonchev–Trinajstić information content (AvgIpc) is 2.16. The van der Waals surface area contributed by atoms with Gasteiger partial charge in [0.05, 0.1) is 0 Å². The third kappa shape index (κ3) is 1.88. The number of rotatable bonds is 1. The van der Waals surface area contributed by atoms with E-state index >= 15 is 0 Å². The predicted molar refractivity (Wildman–Crippen MR) is 59.9 cm³/mol. The lowest BCUT2D eigenvalue weighted by Gasteiger charge is -2.22. The molecule has 0 saturated heterocycles. The highest BCUT2D eigenvalue weighted by atomic mass is 79.9. The summed E-state index contributed by atoms with van der Waals surface area (Å²) in [5, 5.41) is 11.6. The van der Waals surface area contributed by atoms with Crippen molar-refractivity contribution in [3.05, 3.63) is 22.7 Å². The number of thioether (sulfide) groups is 1. The van der Waals surface area contributed by atoms with Crippen molar-refractivity contribution >= 4 is 39.3 Å². The Kier molecular flexibility index (Phi) is 2.69. The topological polar surface area (TPSA) is 49.3 Å². The number of carboxylic acid groups (broad SMARTS) is 1. The Labute approximate surface area is 94.0 Å². The van der Waals surface area contributed by atoms with Crippen molar-refractivity contribution in [3.8, 4) is 0 Å². The van der Waals surface area contributed by atoms with E-state index in [1.165, 1.54) is 11.8 Å². The monoisotopic (exact) mass is 273 g/mol. The maximum atomic E-state index is 10.8. The summed E-state index contributed by atoms with van der Waals surface area (Å²) in [4.78, 5) is 11.8. The SMILES string of the molecule is O=C(O)C1CNc2ccc(Br)cc2S1. The van der Waals surface area contributed by atoms with E-state index in [0.29, 0.717) is 6.54 Å². The van der Waals surface area contributed by atoms with Gasteiger partial charge in [0, 0.05) is 21.6 Å². The highest BCUT2D eigenvalue weighted by Gasteiger charge is 2.24. The molecule has 0 spiro atoms. The molecule has 5 heteroatoms. The second kappa shape index (κ2) is 3.82. The molecule has 1 heterocycles. The Morgan fingerprint density at radius 3 is 3.14 bits per heavy atom. The van der Waals surface area contributed by atoms with Gasteiger partial charge in [-0.1, -0.05) is 15.9 Å². The molecule has 1 aliphatic heterocycles. The average molecular weight is 274 g/mol. The highest BCUT2D eigenvalue weighted by Crippen LogP contribution is 2.36. The largest absolute Gasteiger partial charge is 0.480 e. The van der Waals surface area contributed by atoms with Crippen molar-refractivity contribution < 1.29 is 9.90 Å². The number of aliphatic carboxylic acids is 1. The summed E-state index contributed by atoms with van der Waals surface area (Å²) in [7, 11) is 0. The van der Waals surface area contributed by atoms with Crippen molar-refractivity contribution in [2.24, 2.45) is 0 Å². The standard InChI is InChI=1S/C9H8BrNO2S/c10-5-1-2-6-7(3-5)14-8(4-11-6)9(12)13/h1-3,8,11H,4H2,(H,12,13). The minimum Gasteiger partial charge on any atom is -0.480 e. The lowest BCUT2D eigenvalue weighted by atomic mass is 10.3. The normalized spacial score (nSPS) is 19.6. The smallest absolute Gasteiger partial charge is 0.318 e. The van der Waals surface area contributed by atoms with E-state index in [4.69, 9.17) is 5.11 Å². The molecule has 0 bridgehead atoms. The summed E-state index contributed by atoms with van der Waals surface area (Å²) in [5.41, 5.74) is 1.01. The molecule has 1 aromatic carbocycles. The van der Waals surface area contributed by atoms with Gasteiger partial charge in [-0.15, -0.1) is 11.8 Å². The summed E-state index contributed by atoms with van der Waals surface area (Å²) in [6, 6.07) is 5.82. The van der Waals surface area contributed by atoms with E-state index in [2.05, 4.69) is 21.2 Å². The van der Waals surface area contributed by atoms with Gasteiger partial charge < -0.3 is 10.4 Å². The Balaban J connectivity index is 2.29. The van der Waals surface area contributed by atoms with Crippen LogP contribution in [0.25, 0.3) is 0 Å². The highest BCUT2D eigenvalue weighted by molar-refractivity contribution is 9.10. The molecule has 0 amide bonds. The van der Waals surface area contributed by atoms with Crippen LogP contribution in [0.2, 0.25) is 0 Å². The maximum absolute atomic E-state index is 10.8. The molecule has 0 fully saturated rings. The van der Waals surface area contributed by atoms with Gasteiger partial charge in [-0.05, 0) is 18.2 Å². The Morgan fingerprint density at radius 2 is 2.43 bits per heavy atom. The number of hydrogen-bond donors (Lipinski definition) is 2.